The summed E-state index contributed by atoms with van der Waals surface area (Å²) in [5.41, 5.74) is 1.52. The van der Waals surface area contributed by atoms with E-state index in [0.29, 0.717) is 50.6 Å². The fourth-order valence-electron chi connectivity index (χ4n) is 4.03. The van der Waals surface area contributed by atoms with Crippen molar-refractivity contribution in [1.29, 1.82) is 0 Å². The van der Waals surface area contributed by atoms with Crippen LogP contribution >= 0.6 is 0 Å². The molecule has 0 unspecified atom stereocenters. The number of nitrogens with zero attached hydrogens (tertiary/aromatic N) is 4. The van der Waals surface area contributed by atoms with Crippen LogP contribution in [-0.4, -0.2) is 125 Å². The summed E-state index contributed by atoms with van der Waals surface area (Å²) < 4.78 is 5.50. The molecule has 0 aliphatic carbocycles. The van der Waals surface area contributed by atoms with Crippen LogP contribution in [0.5, 0.6) is 0 Å². The number of aliphatic carboxylic acids is 1. The summed E-state index contributed by atoms with van der Waals surface area (Å²) in [5, 5.41) is 15.1. The highest BCUT2D eigenvalue weighted by atomic mass is 16.5. The second kappa shape index (κ2) is 14.9. The lowest BCUT2D eigenvalue weighted by Gasteiger charge is -2.28. The first-order valence-corrected chi connectivity index (χ1v) is 13.3. The second-order valence-electron chi connectivity index (χ2n) is 11.6. The Morgan fingerprint density at radius 3 is 1.93 bits per heavy atom. The summed E-state index contributed by atoms with van der Waals surface area (Å²) in [6, 6.07) is 3.15. The number of nitrogens with one attached hydrogen (secondary N) is 3. The van der Waals surface area contributed by atoms with Crippen LogP contribution in [0.4, 0.5) is 5.82 Å². The third kappa shape index (κ3) is 12.7. The maximum atomic E-state index is 12.8. The lowest BCUT2D eigenvalue weighted by atomic mass is 10.1. The number of carboxylic acids is 1. The molecule has 224 valence electrons. The fourth-order valence-corrected chi connectivity index (χ4v) is 4.03. The monoisotopic (exact) mass is 564 g/mol. The molecule has 40 heavy (non-hydrogen) atoms. The van der Waals surface area contributed by atoms with E-state index < -0.39 is 17.5 Å². The van der Waals surface area contributed by atoms with Gasteiger partial charge in [-0.05, 0) is 46.8 Å². The standard InChI is InChI=1S/C26H44N8O6/c1-25(2,3)29-21(35)15-32-8-10-33(16-22(36)37)11-13-34(12-9-32)17-23(38)40-18-26(4,5)30-24(39)19-6-7-20(31-27)28-14-19/h6-7,14H,8-13,15-18,27H2,1-5H3,(H,28,31)(H,29,35)(H,30,39)(H,36,37). The van der Waals surface area contributed by atoms with E-state index in [-0.39, 0.29) is 43.6 Å². The summed E-state index contributed by atoms with van der Waals surface area (Å²) >= 11 is 0. The number of rotatable bonds is 11. The molecule has 14 heteroatoms. The van der Waals surface area contributed by atoms with Crippen LogP contribution in [0.3, 0.4) is 0 Å². The molecule has 0 saturated carbocycles. The van der Waals surface area contributed by atoms with E-state index in [0.717, 1.165) is 0 Å². The molecule has 6 N–H and O–H groups in total. The first-order valence-electron chi connectivity index (χ1n) is 13.3. The van der Waals surface area contributed by atoms with Gasteiger partial charge < -0.3 is 25.9 Å². The van der Waals surface area contributed by atoms with E-state index >= 15 is 0 Å². The number of anilines is 1. The van der Waals surface area contributed by atoms with Crippen molar-refractivity contribution >= 4 is 29.6 Å². The number of hydrogen-bond acceptors (Lipinski definition) is 11. The number of esters is 1. The van der Waals surface area contributed by atoms with Crippen LogP contribution < -0.4 is 21.9 Å². The number of hydrogen-bond donors (Lipinski definition) is 5. The Balaban J connectivity index is 1.94. The van der Waals surface area contributed by atoms with Gasteiger partial charge in [0.1, 0.15) is 12.4 Å². The molecule has 2 rings (SSSR count). The number of aromatic nitrogens is 1. The zero-order chi connectivity index (χ0) is 29.9. The topological polar surface area (TPSA) is 182 Å². The van der Waals surface area contributed by atoms with Gasteiger partial charge in [0.05, 0.1) is 30.7 Å². The van der Waals surface area contributed by atoms with Crippen molar-refractivity contribution in [3.05, 3.63) is 23.9 Å². The molecule has 1 aliphatic rings. The number of carboxylic acid groups (broad SMARTS) is 1. The molecule has 1 aromatic rings. The van der Waals surface area contributed by atoms with E-state index in [1.807, 2.05) is 30.6 Å². The fraction of sp³-hybridized carbons (Fsp3) is 0.654. The van der Waals surface area contributed by atoms with Gasteiger partial charge in [-0.3, -0.25) is 33.9 Å². The molecule has 0 radical (unpaired) electrons. The summed E-state index contributed by atoms with van der Waals surface area (Å²) in [4.78, 5) is 58.9. The van der Waals surface area contributed by atoms with Crippen molar-refractivity contribution in [2.75, 3.05) is 70.9 Å². The van der Waals surface area contributed by atoms with Crippen molar-refractivity contribution in [3.63, 3.8) is 0 Å². The largest absolute Gasteiger partial charge is 0.480 e. The Kier molecular flexibility index (Phi) is 12.2. The Labute approximate surface area is 235 Å². The lowest BCUT2D eigenvalue weighted by Crippen LogP contribution is -2.48. The number of amides is 2. The summed E-state index contributed by atoms with van der Waals surface area (Å²) in [6.45, 7) is 12.2. The number of nitrogens with two attached hydrogens (primary N) is 1. The van der Waals surface area contributed by atoms with Crippen molar-refractivity contribution in [2.24, 2.45) is 5.84 Å². The van der Waals surface area contributed by atoms with Gasteiger partial charge >= 0.3 is 11.9 Å². The van der Waals surface area contributed by atoms with Gasteiger partial charge in [0.15, 0.2) is 0 Å². The minimum Gasteiger partial charge on any atom is -0.480 e. The number of pyridine rings is 1. The molecule has 14 nitrogen and oxygen atoms in total. The number of carbonyl (C=O) groups is 4. The Hall–Kier alpha value is -3.33. The molecular weight excluding hydrogens is 520 g/mol. The molecule has 1 fully saturated rings. The normalized spacial score (nSPS) is 16.2. The molecule has 1 aromatic heterocycles. The Bertz CT molecular complexity index is 1010. The number of hydrazine groups is 1. The van der Waals surface area contributed by atoms with Crippen LogP contribution in [0.15, 0.2) is 18.3 Å². The van der Waals surface area contributed by atoms with Gasteiger partial charge in [0.25, 0.3) is 5.91 Å². The average molecular weight is 565 g/mol. The number of ether oxygens (including phenoxy) is 1. The molecule has 1 saturated heterocycles. The zero-order valence-electron chi connectivity index (χ0n) is 24.2. The predicted molar refractivity (Wildman–Crippen MR) is 149 cm³/mol. The SMILES string of the molecule is CC(C)(C)NC(=O)CN1CCN(CC(=O)O)CCN(CC(=O)OCC(C)(C)NC(=O)c2ccc(NN)nc2)CC1. The van der Waals surface area contributed by atoms with E-state index in [9.17, 15) is 24.3 Å². The Morgan fingerprint density at radius 1 is 0.900 bits per heavy atom. The molecule has 2 heterocycles. The van der Waals surface area contributed by atoms with Gasteiger partial charge in [0, 0.05) is 51.0 Å². The van der Waals surface area contributed by atoms with E-state index in [4.69, 9.17) is 10.6 Å². The molecule has 0 spiro atoms. The second-order valence-corrected chi connectivity index (χ2v) is 11.6. The minimum atomic E-state index is -0.936. The van der Waals surface area contributed by atoms with Crippen LogP contribution in [-0.2, 0) is 19.1 Å². The number of carbonyl (C=O) groups excluding carboxylic acids is 3. The van der Waals surface area contributed by atoms with E-state index in [2.05, 4.69) is 21.0 Å². The maximum Gasteiger partial charge on any atom is 0.320 e. The molecule has 0 aromatic carbocycles. The van der Waals surface area contributed by atoms with Crippen LogP contribution in [0.1, 0.15) is 45.0 Å². The average Bonchev–Trinajstić information content (AvgIpc) is 2.93. The third-order valence-corrected chi connectivity index (χ3v) is 6.01. The Morgan fingerprint density at radius 2 is 1.45 bits per heavy atom. The molecule has 0 atom stereocenters. The maximum absolute atomic E-state index is 12.8. The van der Waals surface area contributed by atoms with E-state index in [1.165, 1.54) is 6.20 Å². The van der Waals surface area contributed by atoms with Crippen LogP contribution in [0, 0.1) is 0 Å². The summed E-state index contributed by atoms with van der Waals surface area (Å²) in [7, 11) is 0. The van der Waals surface area contributed by atoms with Crippen molar-refractivity contribution < 1.29 is 29.0 Å². The number of nitrogen functional groups attached to an aromatic ring is 1. The third-order valence-electron chi connectivity index (χ3n) is 6.01. The van der Waals surface area contributed by atoms with E-state index in [1.54, 1.807) is 30.9 Å². The van der Waals surface area contributed by atoms with Gasteiger partial charge in [-0.1, -0.05) is 0 Å². The van der Waals surface area contributed by atoms with Crippen molar-refractivity contribution in [2.45, 2.75) is 45.7 Å². The highest BCUT2D eigenvalue weighted by molar-refractivity contribution is 5.94. The van der Waals surface area contributed by atoms with Gasteiger partial charge in [-0.2, -0.15) is 0 Å². The van der Waals surface area contributed by atoms with Crippen LogP contribution in [0.25, 0.3) is 0 Å². The summed E-state index contributed by atoms with van der Waals surface area (Å²) in [5.74, 6) is 3.83. The molecular formula is C26H44N8O6. The zero-order valence-corrected chi connectivity index (χ0v) is 24.2. The highest BCUT2D eigenvalue weighted by Crippen LogP contribution is 2.09. The summed E-state index contributed by atoms with van der Waals surface area (Å²) in [6.07, 6.45) is 1.39. The smallest absolute Gasteiger partial charge is 0.320 e. The van der Waals surface area contributed by atoms with Crippen molar-refractivity contribution in [1.82, 2.24) is 30.3 Å². The molecule has 1 aliphatic heterocycles. The van der Waals surface area contributed by atoms with Gasteiger partial charge in [0.2, 0.25) is 5.91 Å². The molecule has 0 bridgehead atoms. The quantitative estimate of drug-likeness (QED) is 0.130. The first kappa shape index (κ1) is 32.9. The van der Waals surface area contributed by atoms with Crippen LogP contribution in [0.2, 0.25) is 0 Å². The minimum absolute atomic E-state index is 0.00949. The first-order chi connectivity index (χ1) is 18.7. The van der Waals surface area contributed by atoms with Crippen molar-refractivity contribution in [3.8, 4) is 0 Å². The highest BCUT2D eigenvalue weighted by Gasteiger charge is 2.26. The molecule has 2 amide bonds. The van der Waals surface area contributed by atoms with Gasteiger partial charge in [-0.25, -0.2) is 10.8 Å². The predicted octanol–water partition coefficient (Wildman–Crippen LogP) is -0.662. The lowest BCUT2D eigenvalue weighted by molar-refractivity contribution is -0.147. The van der Waals surface area contributed by atoms with Gasteiger partial charge in [-0.15, -0.1) is 0 Å².